The Morgan fingerprint density at radius 1 is 1.21 bits per heavy atom. The largest absolute Gasteiger partial charge is 0.494 e. The van der Waals surface area contributed by atoms with Gasteiger partial charge in [0.1, 0.15) is 11.5 Å². The number of hydrogen-bond acceptors (Lipinski definition) is 4. The summed E-state index contributed by atoms with van der Waals surface area (Å²) in [5.41, 5.74) is 3.18. The minimum absolute atomic E-state index is 0.487. The fraction of sp³-hybridized carbons (Fsp3) is 0.444. The predicted molar refractivity (Wildman–Crippen MR) is 95.4 cm³/mol. The Labute approximate surface area is 143 Å². The number of aryl methyl sites for hydroxylation is 3. The van der Waals surface area contributed by atoms with Crippen molar-refractivity contribution >= 4 is 5.96 Å². The van der Waals surface area contributed by atoms with Gasteiger partial charge in [-0.2, -0.15) is 0 Å². The van der Waals surface area contributed by atoms with E-state index in [-0.39, 0.29) is 0 Å². The third kappa shape index (κ3) is 4.75. The predicted octanol–water partition coefficient (Wildman–Crippen LogP) is 2.86. The van der Waals surface area contributed by atoms with Crippen LogP contribution in [-0.2, 0) is 13.1 Å². The van der Waals surface area contributed by atoms with Gasteiger partial charge in [-0.05, 0) is 39.3 Å². The molecule has 130 valence electrons. The van der Waals surface area contributed by atoms with Crippen LogP contribution in [0.4, 0.5) is 0 Å². The molecule has 1 heterocycles. The average molecular weight is 330 g/mol. The van der Waals surface area contributed by atoms with E-state index in [4.69, 9.17) is 9.15 Å². The van der Waals surface area contributed by atoms with Crippen LogP contribution < -0.4 is 15.4 Å². The molecule has 1 aromatic heterocycles. The van der Waals surface area contributed by atoms with Gasteiger partial charge in [0.2, 0.25) is 5.89 Å². The number of guanidine groups is 1. The zero-order valence-electron chi connectivity index (χ0n) is 15.1. The Morgan fingerprint density at radius 2 is 1.96 bits per heavy atom. The fourth-order valence-corrected chi connectivity index (χ4v) is 2.27. The van der Waals surface area contributed by atoms with Crippen molar-refractivity contribution in [2.24, 2.45) is 4.99 Å². The van der Waals surface area contributed by atoms with Crippen molar-refractivity contribution in [1.29, 1.82) is 0 Å². The molecule has 0 bridgehead atoms. The van der Waals surface area contributed by atoms with Gasteiger partial charge < -0.3 is 19.8 Å². The Kier molecular flexibility index (Phi) is 6.23. The number of aliphatic imine (C=N–C) groups is 1. The van der Waals surface area contributed by atoms with E-state index in [0.717, 1.165) is 22.8 Å². The van der Waals surface area contributed by atoms with Crippen LogP contribution >= 0.6 is 0 Å². The summed E-state index contributed by atoms with van der Waals surface area (Å²) in [6.07, 6.45) is 0. The van der Waals surface area contributed by atoms with E-state index in [1.807, 2.05) is 20.8 Å². The van der Waals surface area contributed by atoms with Crippen LogP contribution in [0.1, 0.15) is 35.4 Å². The van der Waals surface area contributed by atoms with E-state index in [1.54, 1.807) is 7.05 Å². The van der Waals surface area contributed by atoms with E-state index in [2.05, 4.69) is 45.7 Å². The van der Waals surface area contributed by atoms with Crippen molar-refractivity contribution in [3.8, 4) is 5.75 Å². The van der Waals surface area contributed by atoms with Crippen LogP contribution in [0.25, 0.3) is 0 Å². The first-order valence-corrected chi connectivity index (χ1v) is 8.13. The lowest BCUT2D eigenvalue weighted by Gasteiger charge is -2.14. The number of rotatable bonds is 6. The molecule has 1 aromatic carbocycles. The molecule has 2 aromatic rings. The highest BCUT2D eigenvalue weighted by Gasteiger charge is 2.08. The lowest BCUT2D eigenvalue weighted by Crippen LogP contribution is -2.36. The highest BCUT2D eigenvalue weighted by molar-refractivity contribution is 5.79. The zero-order chi connectivity index (χ0) is 17.5. The normalized spacial score (nSPS) is 11.5. The number of oxazole rings is 1. The van der Waals surface area contributed by atoms with Crippen molar-refractivity contribution in [3.05, 3.63) is 46.7 Å². The van der Waals surface area contributed by atoms with Gasteiger partial charge in [0.15, 0.2) is 5.96 Å². The number of hydrogen-bond donors (Lipinski definition) is 2. The number of nitrogens with one attached hydrogen (secondary N) is 2. The van der Waals surface area contributed by atoms with Crippen LogP contribution in [0, 0.1) is 20.8 Å². The van der Waals surface area contributed by atoms with Gasteiger partial charge in [0, 0.05) is 19.2 Å². The monoisotopic (exact) mass is 330 g/mol. The van der Waals surface area contributed by atoms with E-state index in [1.165, 1.54) is 5.56 Å². The van der Waals surface area contributed by atoms with Gasteiger partial charge in [-0.25, -0.2) is 4.98 Å². The van der Waals surface area contributed by atoms with Crippen molar-refractivity contribution in [1.82, 2.24) is 15.6 Å². The minimum atomic E-state index is 0.487. The molecule has 0 unspecified atom stereocenters. The molecule has 24 heavy (non-hydrogen) atoms. The van der Waals surface area contributed by atoms with Gasteiger partial charge in [-0.3, -0.25) is 4.99 Å². The first-order chi connectivity index (χ1) is 11.5. The molecule has 6 heteroatoms. The molecule has 6 nitrogen and oxygen atoms in total. The Balaban J connectivity index is 1.94. The second kappa shape index (κ2) is 8.38. The second-order valence-corrected chi connectivity index (χ2v) is 5.57. The lowest BCUT2D eigenvalue weighted by molar-refractivity contribution is 0.336. The van der Waals surface area contributed by atoms with Crippen molar-refractivity contribution < 1.29 is 9.15 Å². The molecule has 0 aliphatic rings. The number of benzene rings is 1. The summed E-state index contributed by atoms with van der Waals surface area (Å²) in [5.74, 6) is 3.08. The van der Waals surface area contributed by atoms with Gasteiger partial charge in [0.05, 0.1) is 18.8 Å². The molecule has 0 saturated carbocycles. The number of ether oxygens (including phenoxy) is 1. The van der Waals surface area contributed by atoms with Crippen LogP contribution in [0.2, 0.25) is 0 Å². The fourth-order valence-electron chi connectivity index (χ4n) is 2.27. The highest BCUT2D eigenvalue weighted by Crippen LogP contribution is 2.20. The van der Waals surface area contributed by atoms with E-state index >= 15 is 0 Å². The zero-order valence-corrected chi connectivity index (χ0v) is 15.1. The number of aromatic nitrogens is 1. The molecule has 0 fully saturated rings. The third-order valence-corrected chi connectivity index (χ3v) is 3.67. The second-order valence-electron chi connectivity index (χ2n) is 5.57. The van der Waals surface area contributed by atoms with Crippen molar-refractivity contribution in [3.63, 3.8) is 0 Å². The molecule has 0 spiro atoms. The smallest absolute Gasteiger partial charge is 0.214 e. The van der Waals surface area contributed by atoms with Gasteiger partial charge in [-0.15, -0.1) is 0 Å². The van der Waals surface area contributed by atoms with Gasteiger partial charge in [0.25, 0.3) is 0 Å². The van der Waals surface area contributed by atoms with E-state index in [9.17, 15) is 0 Å². The summed E-state index contributed by atoms with van der Waals surface area (Å²) in [6, 6.07) is 6.20. The maximum absolute atomic E-state index is 5.70. The summed E-state index contributed by atoms with van der Waals surface area (Å²) in [6.45, 7) is 9.64. The molecule has 2 N–H and O–H groups in total. The quantitative estimate of drug-likeness (QED) is 0.629. The topological polar surface area (TPSA) is 71.7 Å². The molecular weight excluding hydrogens is 304 g/mol. The van der Waals surface area contributed by atoms with Crippen LogP contribution in [0.15, 0.2) is 27.6 Å². The minimum Gasteiger partial charge on any atom is -0.494 e. The summed E-state index contributed by atoms with van der Waals surface area (Å²) in [4.78, 5) is 8.58. The number of nitrogens with zero attached hydrogens (tertiary/aromatic N) is 2. The first kappa shape index (κ1) is 17.8. The highest BCUT2D eigenvalue weighted by atomic mass is 16.5. The standard InChI is InChI=1S/C18H26N4O2/c1-6-23-16-9-12(2)7-8-15(16)10-20-18(19-5)21-11-17-22-13(3)14(4)24-17/h7-9H,6,10-11H2,1-5H3,(H2,19,20,21). The van der Waals surface area contributed by atoms with Crippen LogP contribution in [0.5, 0.6) is 5.75 Å². The Morgan fingerprint density at radius 3 is 2.58 bits per heavy atom. The van der Waals surface area contributed by atoms with Crippen LogP contribution in [-0.4, -0.2) is 24.6 Å². The molecule has 0 atom stereocenters. The Hall–Kier alpha value is -2.50. The molecule has 0 aliphatic heterocycles. The van der Waals surface area contributed by atoms with Gasteiger partial charge >= 0.3 is 0 Å². The molecule has 0 amide bonds. The first-order valence-electron chi connectivity index (χ1n) is 8.13. The average Bonchev–Trinajstić information content (AvgIpc) is 2.88. The summed E-state index contributed by atoms with van der Waals surface area (Å²) in [7, 11) is 1.74. The molecule has 0 aliphatic carbocycles. The molecule has 2 rings (SSSR count). The Bertz CT molecular complexity index is 688. The van der Waals surface area contributed by atoms with Crippen molar-refractivity contribution in [2.75, 3.05) is 13.7 Å². The molecule has 0 radical (unpaired) electrons. The van der Waals surface area contributed by atoms with Crippen LogP contribution in [0.3, 0.4) is 0 Å². The molecular formula is C18H26N4O2. The summed E-state index contributed by atoms with van der Waals surface area (Å²) in [5, 5.41) is 6.49. The molecule has 0 saturated heterocycles. The third-order valence-electron chi connectivity index (χ3n) is 3.67. The summed E-state index contributed by atoms with van der Waals surface area (Å²) < 4.78 is 11.3. The maximum Gasteiger partial charge on any atom is 0.214 e. The van der Waals surface area contributed by atoms with E-state index in [0.29, 0.717) is 31.5 Å². The van der Waals surface area contributed by atoms with E-state index < -0.39 is 0 Å². The SMILES string of the molecule is CCOc1cc(C)ccc1CNC(=NC)NCc1nc(C)c(C)o1. The maximum atomic E-state index is 5.70. The van der Waals surface area contributed by atoms with Crippen molar-refractivity contribution in [2.45, 2.75) is 40.8 Å². The summed E-state index contributed by atoms with van der Waals surface area (Å²) >= 11 is 0. The van der Waals surface area contributed by atoms with Gasteiger partial charge in [-0.1, -0.05) is 12.1 Å². The lowest BCUT2D eigenvalue weighted by atomic mass is 10.1.